The van der Waals surface area contributed by atoms with E-state index < -0.39 is 11.6 Å². The van der Waals surface area contributed by atoms with Gasteiger partial charge in [0, 0.05) is 50.9 Å². The first-order chi connectivity index (χ1) is 15.0. The standard InChI is InChI=1S/C25H25Cl2FN2O2/c1-14-10-17-16-6-4-5-7-20(16)29-23(17)24(30(14)13-25(2,3)28)22-18(26)11-15(12-19(22)27)8-9-21(31)32/h4-9,11-12,14,24,29H,10,13H2,1-3H3,(H,31,32)/b9-8+/t14-,24-/m1/s1. The van der Waals surface area contributed by atoms with Crippen LogP contribution < -0.4 is 0 Å². The number of nitrogens with zero attached hydrogens (tertiary/aromatic N) is 1. The van der Waals surface area contributed by atoms with Gasteiger partial charge in [0.1, 0.15) is 5.67 Å². The number of H-pyrrole nitrogens is 1. The lowest BCUT2D eigenvalue weighted by molar-refractivity contribution is -0.131. The Morgan fingerprint density at radius 2 is 1.94 bits per heavy atom. The Balaban J connectivity index is 1.92. The third-order valence-electron chi connectivity index (χ3n) is 5.87. The molecule has 1 aliphatic rings. The molecule has 0 fully saturated rings. The smallest absolute Gasteiger partial charge is 0.328 e. The molecule has 2 atom stereocenters. The van der Waals surface area contributed by atoms with Gasteiger partial charge in [-0.3, -0.25) is 4.90 Å². The number of alkyl halides is 1. The summed E-state index contributed by atoms with van der Waals surface area (Å²) >= 11 is 13.5. The Hall–Kier alpha value is -2.34. The summed E-state index contributed by atoms with van der Waals surface area (Å²) in [5.74, 6) is -1.05. The van der Waals surface area contributed by atoms with E-state index in [0.717, 1.165) is 29.1 Å². The zero-order chi connectivity index (χ0) is 23.2. The number of nitrogens with one attached hydrogen (secondary N) is 1. The number of halogens is 3. The molecule has 0 bridgehead atoms. The molecule has 0 amide bonds. The van der Waals surface area contributed by atoms with Crippen molar-refractivity contribution < 1.29 is 14.3 Å². The first-order valence-electron chi connectivity index (χ1n) is 10.5. The van der Waals surface area contributed by atoms with E-state index >= 15 is 0 Å². The highest BCUT2D eigenvalue weighted by Crippen LogP contribution is 2.46. The molecule has 32 heavy (non-hydrogen) atoms. The number of carboxylic acids is 1. The van der Waals surface area contributed by atoms with Crippen molar-refractivity contribution in [3.8, 4) is 0 Å². The van der Waals surface area contributed by atoms with Crippen molar-refractivity contribution in [2.45, 2.75) is 44.9 Å². The van der Waals surface area contributed by atoms with Crippen LogP contribution in [0, 0.1) is 0 Å². The fourth-order valence-electron chi connectivity index (χ4n) is 4.63. The van der Waals surface area contributed by atoms with Crippen molar-refractivity contribution in [1.82, 2.24) is 9.88 Å². The van der Waals surface area contributed by atoms with Crippen LogP contribution in [0.15, 0.2) is 42.5 Å². The molecule has 4 rings (SSSR count). The molecule has 0 saturated heterocycles. The molecule has 2 heterocycles. The molecule has 2 N–H and O–H groups in total. The van der Waals surface area contributed by atoms with Crippen LogP contribution in [0.4, 0.5) is 4.39 Å². The second-order valence-corrected chi connectivity index (χ2v) is 9.79. The van der Waals surface area contributed by atoms with Crippen LogP contribution in [0.2, 0.25) is 10.0 Å². The number of carboxylic acid groups (broad SMARTS) is 1. The second kappa shape index (κ2) is 8.54. The highest BCUT2D eigenvalue weighted by molar-refractivity contribution is 6.36. The lowest BCUT2D eigenvalue weighted by Crippen LogP contribution is -2.48. The van der Waals surface area contributed by atoms with Gasteiger partial charge >= 0.3 is 5.97 Å². The van der Waals surface area contributed by atoms with Gasteiger partial charge in [-0.1, -0.05) is 41.4 Å². The number of carbonyl (C=O) groups is 1. The Morgan fingerprint density at radius 3 is 2.56 bits per heavy atom. The number of aromatic amines is 1. The van der Waals surface area contributed by atoms with Crippen molar-refractivity contribution in [3.05, 3.63) is 74.9 Å². The number of rotatable bonds is 5. The molecule has 4 nitrogen and oxygen atoms in total. The molecule has 168 valence electrons. The average Bonchev–Trinajstić information content (AvgIpc) is 3.05. The van der Waals surface area contributed by atoms with Crippen LogP contribution in [0.3, 0.4) is 0 Å². The van der Waals surface area contributed by atoms with Gasteiger partial charge in [-0.05, 0) is 62.6 Å². The number of aliphatic carboxylic acids is 1. The number of benzene rings is 2. The van der Waals surface area contributed by atoms with E-state index in [2.05, 4.69) is 22.9 Å². The molecule has 3 aromatic rings. The Bertz CT molecular complexity index is 1190. The van der Waals surface area contributed by atoms with Gasteiger partial charge in [0.15, 0.2) is 0 Å². The Morgan fingerprint density at radius 1 is 1.28 bits per heavy atom. The largest absolute Gasteiger partial charge is 0.478 e. The molecule has 0 unspecified atom stereocenters. The van der Waals surface area contributed by atoms with E-state index in [1.807, 2.05) is 18.2 Å². The predicted molar refractivity (Wildman–Crippen MR) is 128 cm³/mol. The molecule has 7 heteroatoms. The summed E-state index contributed by atoms with van der Waals surface area (Å²) in [5, 5.41) is 10.9. The second-order valence-electron chi connectivity index (χ2n) is 8.98. The van der Waals surface area contributed by atoms with Crippen molar-refractivity contribution in [2.24, 2.45) is 0 Å². The molecular formula is C25H25Cl2FN2O2. The first-order valence-corrected chi connectivity index (χ1v) is 11.2. The summed E-state index contributed by atoms with van der Waals surface area (Å²) in [6.45, 7) is 5.44. The molecular weight excluding hydrogens is 450 g/mol. The minimum absolute atomic E-state index is 0.0560. The molecule has 0 saturated carbocycles. The summed E-state index contributed by atoms with van der Waals surface area (Å²) in [4.78, 5) is 16.5. The van der Waals surface area contributed by atoms with Gasteiger partial charge in [-0.2, -0.15) is 0 Å². The third-order valence-corrected chi connectivity index (χ3v) is 6.49. The Kier molecular flexibility index (Phi) is 6.10. The lowest BCUT2D eigenvalue weighted by atomic mass is 9.87. The van der Waals surface area contributed by atoms with E-state index in [9.17, 15) is 9.18 Å². The van der Waals surface area contributed by atoms with Crippen LogP contribution in [0.25, 0.3) is 17.0 Å². The highest BCUT2D eigenvalue weighted by atomic mass is 35.5. The maximum absolute atomic E-state index is 14.9. The van der Waals surface area contributed by atoms with E-state index in [4.69, 9.17) is 28.3 Å². The van der Waals surface area contributed by atoms with Crippen LogP contribution in [-0.4, -0.2) is 39.2 Å². The first kappa shape index (κ1) is 22.8. The van der Waals surface area contributed by atoms with Crippen LogP contribution in [-0.2, 0) is 11.2 Å². The molecule has 0 spiro atoms. The van der Waals surface area contributed by atoms with Gasteiger partial charge in [-0.25, -0.2) is 9.18 Å². The van der Waals surface area contributed by atoms with E-state index in [1.165, 1.54) is 11.6 Å². The maximum atomic E-state index is 14.9. The zero-order valence-electron chi connectivity index (χ0n) is 18.1. The normalized spacial score (nSPS) is 19.6. The van der Waals surface area contributed by atoms with Gasteiger partial charge < -0.3 is 10.1 Å². The van der Waals surface area contributed by atoms with Crippen LogP contribution >= 0.6 is 23.2 Å². The van der Waals surface area contributed by atoms with Crippen molar-refractivity contribution >= 4 is 46.2 Å². The molecule has 0 radical (unpaired) electrons. The molecule has 0 aliphatic carbocycles. The van der Waals surface area contributed by atoms with Gasteiger partial charge in [0.25, 0.3) is 0 Å². The monoisotopic (exact) mass is 474 g/mol. The topological polar surface area (TPSA) is 56.3 Å². The van der Waals surface area contributed by atoms with Crippen molar-refractivity contribution in [2.75, 3.05) is 6.54 Å². The van der Waals surface area contributed by atoms with Crippen LogP contribution in [0.1, 0.15) is 49.2 Å². The molecule has 1 aromatic heterocycles. The van der Waals surface area contributed by atoms with Gasteiger partial charge in [0.2, 0.25) is 0 Å². The van der Waals surface area contributed by atoms with Crippen LogP contribution in [0.5, 0.6) is 0 Å². The summed E-state index contributed by atoms with van der Waals surface area (Å²) in [7, 11) is 0. The highest BCUT2D eigenvalue weighted by Gasteiger charge is 2.40. The van der Waals surface area contributed by atoms with E-state index in [1.54, 1.807) is 26.0 Å². The molecule has 2 aromatic carbocycles. The average molecular weight is 475 g/mol. The fourth-order valence-corrected chi connectivity index (χ4v) is 5.34. The number of fused-ring (bicyclic) bond motifs is 3. The van der Waals surface area contributed by atoms with Gasteiger partial charge in [-0.15, -0.1) is 0 Å². The Labute approximate surface area is 196 Å². The zero-order valence-corrected chi connectivity index (χ0v) is 19.6. The van der Waals surface area contributed by atoms with E-state index in [-0.39, 0.29) is 18.6 Å². The summed E-state index contributed by atoms with van der Waals surface area (Å²) in [6, 6.07) is 11.2. The summed E-state index contributed by atoms with van der Waals surface area (Å²) < 4.78 is 14.9. The van der Waals surface area contributed by atoms with Crippen molar-refractivity contribution in [1.29, 1.82) is 0 Å². The third kappa shape index (κ3) is 4.42. The summed E-state index contributed by atoms with van der Waals surface area (Å²) in [6.07, 6.45) is 3.27. The predicted octanol–water partition coefficient (Wildman–Crippen LogP) is 6.66. The number of hydrogen-bond donors (Lipinski definition) is 2. The summed E-state index contributed by atoms with van der Waals surface area (Å²) in [5.41, 5.74) is 3.02. The number of aromatic nitrogens is 1. The minimum Gasteiger partial charge on any atom is -0.478 e. The van der Waals surface area contributed by atoms with Crippen molar-refractivity contribution in [3.63, 3.8) is 0 Å². The fraction of sp³-hybridized carbons (Fsp3) is 0.320. The minimum atomic E-state index is -1.42. The SMILES string of the molecule is C[C@@H]1Cc2c([nH]c3ccccc23)[C@@H](c2c(Cl)cc(/C=C/C(=O)O)cc2Cl)N1CC(C)(C)F. The quantitative estimate of drug-likeness (QED) is 0.406. The number of para-hydroxylation sites is 1. The maximum Gasteiger partial charge on any atom is 0.328 e. The van der Waals surface area contributed by atoms with E-state index in [0.29, 0.717) is 21.2 Å². The lowest BCUT2D eigenvalue weighted by Gasteiger charge is -2.43. The van der Waals surface area contributed by atoms with Gasteiger partial charge in [0.05, 0.1) is 6.04 Å². The molecule has 1 aliphatic heterocycles. The number of hydrogen-bond acceptors (Lipinski definition) is 2.